The minimum absolute atomic E-state index is 0.00816. The molecule has 1 aromatic carbocycles. The zero-order chi connectivity index (χ0) is 27.5. The van der Waals surface area contributed by atoms with E-state index in [0.717, 1.165) is 48.3 Å². The second-order valence-electron chi connectivity index (χ2n) is 13.7. The number of carbonyl (C=O) groups is 2. The average Bonchev–Trinajstić information content (AvgIpc) is 3.49. The number of nitrogens with zero attached hydrogens (tertiary/aromatic N) is 3. The Morgan fingerprint density at radius 3 is 2.28 bits per heavy atom. The Balaban J connectivity index is 1.37. The third-order valence-electron chi connectivity index (χ3n) is 9.71. The normalized spacial score (nSPS) is 33.5. The van der Waals surface area contributed by atoms with E-state index in [-0.39, 0.29) is 41.4 Å². The van der Waals surface area contributed by atoms with Gasteiger partial charge in [0, 0.05) is 22.7 Å². The van der Waals surface area contributed by atoms with E-state index in [1.807, 2.05) is 46.1 Å². The largest absolute Gasteiger partial charge is 0.349 e. The molecule has 1 aliphatic heterocycles. The van der Waals surface area contributed by atoms with E-state index in [1.54, 1.807) is 7.05 Å². The fourth-order valence-electron chi connectivity index (χ4n) is 8.56. The van der Waals surface area contributed by atoms with Gasteiger partial charge in [-0.05, 0) is 114 Å². The summed E-state index contributed by atoms with van der Waals surface area (Å²) in [4.78, 5) is 29.8. The van der Waals surface area contributed by atoms with Crippen LogP contribution >= 0.6 is 11.6 Å². The summed E-state index contributed by atoms with van der Waals surface area (Å²) in [6, 6.07) is 8.87. The fourth-order valence-corrected chi connectivity index (χ4v) is 8.76. The van der Waals surface area contributed by atoms with E-state index in [2.05, 4.69) is 31.4 Å². The molecular formula is C31H42ClN5O2. The van der Waals surface area contributed by atoms with Crippen molar-refractivity contribution in [2.24, 2.45) is 17.8 Å². The van der Waals surface area contributed by atoms with Crippen molar-refractivity contribution in [3.63, 3.8) is 0 Å². The van der Waals surface area contributed by atoms with Crippen LogP contribution in [-0.2, 0) is 15.1 Å². The Morgan fingerprint density at radius 1 is 1.05 bits per heavy atom. The first-order valence-corrected chi connectivity index (χ1v) is 15.0. The van der Waals surface area contributed by atoms with E-state index >= 15 is 0 Å². The number of likely N-dealkylation sites (N-methyl/N-ethyl adjacent to an activating group) is 1. The molecule has 2 aromatic rings. The SMILES string of the molecule is CNCC(=O)N1[C@H](C(=O)NC23CC4CC(CC(C4)C2)C3)C[C@@H](c2ccn(C(C)(C)C)n2)[C@@H]1c1cccc(Cl)c1. The molecule has 3 atom stereocenters. The summed E-state index contributed by atoms with van der Waals surface area (Å²) in [5.74, 6) is 1.98. The van der Waals surface area contributed by atoms with Gasteiger partial charge >= 0.3 is 0 Å². The predicted octanol–water partition coefficient (Wildman–Crippen LogP) is 5.02. The molecule has 2 amide bonds. The maximum Gasteiger partial charge on any atom is 0.243 e. The number of benzene rings is 1. The first kappa shape index (κ1) is 26.8. The molecule has 0 spiro atoms. The summed E-state index contributed by atoms with van der Waals surface area (Å²) in [5.41, 5.74) is 1.56. The molecule has 1 saturated heterocycles. The first-order chi connectivity index (χ1) is 18.5. The third-order valence-corrected chi connectivity index (χ3v) is 9.94. The average molecular weight is 552 g/mol. The van der Waals surface area contributed by atoms with Crippen molar-refractivity contribution in [2.75, 3.05) is 13.6 Å². The van der Waals surface area contributed by atoms with E-state index in [9.17, 15) is 9.59 Å². The van der Waals surface area contributed by atoms with Crippen molar-refractivity contribution in [3.8, 4) is 0 Å². The highest BCUT2D eigenvalue weighted by molar-refractivity contribution is 6.30. The number of aromatic nitrogens is 2. The van der Waals surface area contributed by atoms with Crippen LogP contribution in [0.3, 0.4) is 0 Å². The Kier molecular flexibility index (Phi) is 6.82. The third kappa shape index (κ3) is 5.01. The van der Waals surface area contributed by atoms with Gasteiger partial charge in [0.25, 0.3) is 0 Å². The van der Waals surface area contributed by atoms with Crippen molar-refractivity contribution in [1.29, 1.82) is 0 Å². The highest BCUT2D eigenvalue weighted by Crippen LogP contribution is 2.56. The van der Waals surface area contributed by atoms with Crippen LogP contribution in [0.2, 0.25) is 5.02 Å². The fraction of sp³-hybridized carbons (Fsp3) is 0.645. The lowest BCUT2D eigenvalue weighted by atomic mass is 9.53. The zero-order valence-corrected chi connectivity index (χ0v) is 24.4. The highest BCUT2D eigenvalue weighted by atomic mass is 35.5. The van der Waals surface area contributed by atoms with E-state index in [4.69, 9.17) is 16.7 Å². The van der Waals surface area contributed by atoms with Gasteiger partial charge in [0.1, 0.15) is 6.04 Å². The number of halogens is 1. The van der Waals surface area contributed by atoms with Gasteiger partial charge in [-0.1, -0.05) is 23.7 Å². The molecule has 0 unspecified atom stereocenters. The minimum atomic E-state index is -0.562. The van der Waals surface area contributed by atoms with Gasteiger partial charge in [-0.25, -0.2) is 0 Å². The lowest BCUT2D eigenvalue weighted by Crippen LogP contribution is -2.62. The van der Waals surface area contributed by atoms with Crippen molar-refractivity contribution in [3.05, 3.63) is 52.8 Å². The molecule has 2 N–H and O–H groups in total. The predicted molar refractivity (Wildman–Crippen MR) is 152 cm³/mol. The van der Waals surface area contributed by atoms with Gasteiger partial charge in [-0.2, -0.15) is 5.10 Å². The molecule has 0 radical (unpaired) electrons. The number of amides is 2. The molecule has 5 fully saturated rings. The first-order valence-electron chi connectivity index (χ1n) is 14.6. The quantitative estimate of drug-likeness (QED) is 0.528. The molecular weight excluding hydrogens is 510 g/mol. The summed E-state index contributed by atoms with van der Waals surface area (Å²) in [5, 5.41) is 12.2. The molecule has 2 heterocycles. The maximum atomic E-state index is 14.3. The van der Waals surface area contributed by atoms with Crippen molar-refractivity contribution >= 4 is 23.4 Å². The number of hydrogen-bond donors (Lipinski definition) is 2. The Hall–Kier alpha value is -2.38. The number of likely N-dealkylation sites (tertiary alicyclic amines) is 1. The molecule has 5 aliphatic rings. The van der Waals surface area contributed by atoms with Gasteiger partial charge < -0.3 is 15.5 Å². The van der Waals surface area contributed by atoms with Gasteiger partial charge in [-0.3, -0.25) is 14.3 Å². The molecule has 4 bridgehead atoms. The molecule has 1 aromatic heterocycles. The molecule has 39 heavy (non-hydrogen) atoms. The summed E-state index contributed by atoms with van der Waals surface area (Å²) in [6.45, 7) is 6.54. The number of carbonyl (C=O) groups excluding carboxylic acids is 2. The standard InChI is InChI=1S/C31H42ClN5O2/c1-30(2,3)36-9-8-25(35-36)24-14-26(29(39)34-31-15-19-10-20(16-31)12-21(11-19)17-31)37(27(38)18-33-4)28(24)22-6-5-7-23(32)13-22/h5-9,13,19-21,24,26,28,33H,10-12,14-18H2,1-4H3,(H,34,39)/t19?,20?,21?,24-,26-,28-,31?/m0/s1. The van der Waals surface area contributed by atoms with Crippen molar-refractivity contribution < 1.29 is 9.59 Å². The second-order valence-corrected chi connectivity index (χ2v) is 14.2. The highest BCUT2D eigenvalue weighted by Gasteiger charge is 2.54. The maximum absolute atomic E-state index is 14.3. The van der Waals surface area contributed by atoms with Crippen LogP contribution in [0.1, 0.15) is 88.9 Å². The van der Waals surface area contributed by atoms with Crippen molar-refractivity contribution in [2.45, 2.75) is 94.8 Å². The molecule has 7 nitrogen and oxygen atoms in total. The van der Waals surface area contributed by atoms with Gasteiger partial charge in [0.05, 0.1) is 23.8 Å². The van der Waals surface area contributed by atoms with Gasteiger partial charge in [0.2, 0.25) is 11.8 Å². The summed E-state index contributed by atoms with van der Waals surface area (Å²) in [6.07, 6.45) is 9.75. The lowest BCUT2D eigenvalue weighted by molar-refractivity contribution is -0.142. The van der Waals surface area contributed by atoms with E-state index in [1.165, 1.54) is 19.3 Å². The number of nitrogens with one attached hydrogen (secondary N) is 2. The summed E-state index contributed by atoms with van der Waals surface area (Å²) < 4.78 is 1.97. The summed E-state index contributed by atoms with van der Waals surface area (Å²) in [7, 11) is 1.77. The van der Waals surface area contributed by atoms with E-state index < -0.39 is 6.04 Å². The van der Waals surface area contributed by atoms with Crippen LogP contribution in [0.25, 0.3) is 0 Å². The second kappa shape index (κ2) is 9.91. The van der Waals surface area contributed by atoms with Gasteiger partial charge in [0.15, 0.2) is 0 Å². The molecule has 210 valence electrons. The van der Waals surface area contributed by atoms with E-state index in [0.29, 0.717) is 11.4 Å². The minimum Gasteiger partial charge on any atom is -0.349 e. The lowest BCUT2D eigenvalue weighted by Gasteiger charge is -2.57. The van der Waals surface area contributed by atoms with Crippen LogP contribution in [-0.4, -0.2) is 51.7 Å². The molecule has 4 aliphatic carbocycles. The topological polar surface area (TPSA) is 79.3 Å². The van der Waals surface area contributed by atoms with Crippen LogP contribution in [0.15, 0.2) is 36.5 Å². The summed E-state index contributed by atoms with van der Waals surface area (Å²) >= 11 is 6.46. The van der Waals surface area contributed by atoms with Crippen LogP contribution in [0.4, 0.5) is 0 Å². The Bertz CT molecular complexity index is 1210. The van der Waals surface area contributed by atoms with Crippen molar-refractivity contribution in [1.82, 2.24) is 25.3 Å². The zero-order valence-electron chi connectivity index (χ0n) is 23.6. The molecule has 7 rings (SSSR count). The van der Waals surface area contributed by atoms with Crippen LogP contribution in [0.5, 0.6) is 0 Å². The monoisotopic (exact) mass is 551 g/mol. The van der Waals surface area contributed by atoms with Gasteiger partial charge in [-0.15, -0.1) is 0 Å². The van der Waals surface area contributed by atoms with Crippen LogP contribution < -0.4 is 10.6 Å². The Labute approximate surface area is 237 Å². The number of rotatable bonds is 6. The Morgan fingerprint density at radius 2 is 1.72 bits per heavy atom. The molecule has 4 saturated carbocycles. The number of hydrogen-bond acceptors (Lipinski definition) is 4. The smallest absolute Gasteiger partial charge is 0.243 e. The molecule has 8 heteroatoms. The van der Waals surface area contributed by atoms with Crippen LogP contribution in [0, 0.1) is 17.8 Å².